The first kappa shape index (κ1) is 15.6. The minimum Gasteiger partial charge on any atom is -0.497 e. The van der Waals surface area contributed by atoms with Gasteiger partial charge in [-0.05, 0) is 38.3 Å². The van der Waals surface area contributed by atoms with Gasteiger partial charge in [0.25, 0.3) is 5.91 Å². The van der Waals surface area contributed by atoms with E-state index >= 15 is 0 Å². The Morgan fingerprint density at radius 2 is 2.14 bits per heavy atom. The number of hydrogen-bond donors (Lipinski definition) is 2. The van der Waals surface area contributed by atoms with Crippen molar-refractivity contribution in [2.24, 2.45) is 0 Å². The Labute approximate surface area is 126 Å². The van der Waals surface area contributed by atoms with E-state index in [9.17, 15) is 4.79 Å². The fourth-order valence-electron chi connectivity index (χ4n) is 2.83. The predicted molar refractivity (Wildman–Crippen MR) is 82.2 cm³/mol. The highest BCUT2D eigenvalue weighted by atomic mass is 16.5. The highest BCUT2D eigenvalue weighted by molar-refractivity contribution is 5.93. The summed E-state index contributed by atoms with van der Waals surface area (Å²) in [5.74, 6) is 1.36. The number of ether oxygens (including phenoxy) is 2. The summed E-state index contributed by atoms with van der Waals surface area (Å²) >= 11 is 0. The van der Waals surface area contributed by atoms with Gasteiger partial charge in [-0.3, -0.25) is 4.79 Å². The number of methoxy groups -OCH3 is 2. The summed E-state index contributed by atoms with van der Waals surface area (Å²) in [7, 11) is 3.20. The van der Waals surface area contributed by atoms with Crippen LogP contribution in [-0.2, 0) is 4.79 Å². The molecule has 2 N–H and O–H groups in total. The molecule has 1 heterocycles. The van der Waals surface area contributed by atoms with Crippen molar-refractivity contribution < 1.29 is 19.2 Å². The van der Waals surface area contributed by atoms with Crippen LogP contribution < -0.4 is 19.7 Å². The fourth-order valence-corrected chi connectivity index (χ4v) is 2.83. The molecule has 0 saturated carbocycles. The van der Waals surface area contributed by atoms with Crippen molar-refractivity contribution in [2.75, 3.05) is 32.6 Å². The van der Waals surface area contributed by atoms with Crippen molar-refractivity contribution >= 4 is 11.6 Å². The number of amides is 1. The molecule has 1 saturated heterocycles. The molecule has 1 unspecified atom stereocenters. The van der Waals surface area contributed by atoms with Crippen LogP contribution in [0.25, 0.3) is 0 Å². The molecule has 0 aromatic heterocycles. The highest BCUT2D eigenvalue weighted by Gasteiger charge is 2.24. The number of carbonyl (C=O) groups is 1. The molecule has 1 aromatic carbocycles. The Morgan fingerprint density at radius 1 is 1.33 bits per heavy atom. The third kappa shape index (κ3) is 4.11. The Bertz CT molecular complexity index is 490. The van der Waals surface area contributed by atoms with Crippen molar-refractivity contribution in [3.63, 3.8) is 0 Å². The molecule has 2 atom stereocenters. The van der Waals surface area contributed by atoms with Crippen molar-refractivity contribution in [3.8, 4) is 11.5 Å². The third-order valence-corrected chi connectivity index (χ3v) is 4.15. The quantitative estimate of drug-likeness (QED) is 0.855. The molecule has 116 valence electrons. The first-order chi connectivity index (χ1) is 10.1. The van der Waals surface area contributed by atoms with E-state index in [4.69, 9.17) is 9.47 Å². The second-order valence-corrected chi connectivity index (χ2v) is 5.60. The normalized spacial score (nSPS) is 21.7. The lowest BCUT2D eigenvalue weighted by Gasteiger charge is -2.29. The molecule has 1 aliphatic heterocycles. The van der Waals surface area contributed by atoms with Crippen LogP contribution in [-0.4, -0.2) is 39.3 Å². The predicted octanol–water partition coefficient (Wildman–Crippen LogP) is 1.10. The Hall–Kier alpha value is -1.75. The van der Waals surface area contributed by atoms with Gasteiger partial charge in [-0.2, -0.15) is 0 Å². The van der Waals surface area contributed by atoms with Gasteiger partial charge in [-0.15, -0.1) is 0 Å². The summed E-state index contributed by atoms with van der Waals surface area (Å²) in [4.78, 5) is 13.6. The summed E-state index contributed by atoms with van der Waals surface area (Å²) in [5, 5.41) is 2.94. The summed E-state index contributed by atoms with van der Waals surface area (Å²) in [5.41, 5.74) is 0.658. The summed E-state index contributed by atoms with van der Waals surface area (Å²) in [6, 6.07) is 5.94. The molecule has 0 radical (unpaired) electrons. The summed E-state index contributed by atoms with van der Waals surface area (Å²) < 4.78 is 10.5. The van der Waals surface area contributed by atoms with Crippen molar-refractivity contribution in [3.05, 3.63) is 18.2 Å². The molecular formula is C16H25N2O3+. The van der Waals surface area contributed by atoms with E-state index < -0.39 is 0 Å². The summed E-state index contributed by atoms with van der Waals surface area (Å²) in [6.45, 7) is 3.79. The second-order valence-electron chi connectivity index (χ2n) is 5.60. The maximum Gasteiger partial charge on any atom is 0.279 e. The third-order valence-electron chi connectivity index (χ3n) is 4.15. The standard InChI is InChI=1S/C16H24N2O3/c1-12-6-4-5-9-18(12)11-16(19)17-14-10-13(20-2)7-8-15(14)21-3/h7-8,10,12H,4-6,9,11H2,1-3H3,(H,17,19)/p+1/t12-/m1/s1. The molecule has 1 amide bonds. The molecule has 1 aromatic rings. The molecular weight excluding hydrogens is 268 g/mol. The first-order valence-electron chi connectivity index (χ1n) is 7.50. The highest BCUT2D eigenvalue weighted by Crippen LogP contribution is 2.28. The van der Waals surface area contributed by atoms with Crippen LogP contribution in [0.1, 0.15) is 26.2 Å². The zero-order chi connectivity index (χ0) is 15.2. The topological polar surface area (TPSA) is 52.0 Å². The largest absolute Gasteiger partial charge is 0.497 e. The van der Waals surface area contributed by atoms with Gasteiger partial charge in [0, 0.05) is 6.07 Å². The number of hydrogen-bond acceptors (Lipinski definition) is 3. The molecule has 0 bridgehead atoms. The minimum absolute atomic E-state index is 0.0188. The van der Waals surface area contributed by atoms with Crippen molar-refractivity contribution in [2.45, 2.75) is 32.2 Å². The van der Waals surface area contributed by atoms with Crippen molar-refractivity contribution in [1.29, 1.82) is 0 Å². The van der Waals surface area contributed by atoms with Crippen LogP contribution in [0.2, 0.25) is 0 Å². The zero-order valence-corrected chi connectivity index (χ0v) is 13.1. The molecule has 2 rings (SSSR count). The van der Waals surface area contributed by atoms with Gasteiger partial charge in [-0.1, -0.05) is 0 Å². The van der Waals surface area contributed by atoms with E-state index in [0.29, 0.717) is 29.8 Å². The molecule has 21 heavy (non-hydrogen) atoms. The number of piperidine rings is 1. The molecule has 0 aliphatic carbocycles. The van der Waals surface area contributed by atoms with Gasteiger partial charge in [0.1, 0.15) is 11.5 Å². The van der Waals surface area contributed by atoms with Gasteiger partial charge in [0.05, 0.1) is 32.5 Å². The van der Waals surface area contributed by atoms with Crippen LogP contribution in [0.5, 0.6) is 11.5 Å². The number of carbonyl (C=O) groups excluding carboxylic acids is 1. The lowest BCUT2D eigenvalue weighted by molar-refractivity contribution is -0.920. The van der Waals surface area contributed by atoms with E-state index in [1.54, 1.807) is 26.4 Å². The monoisotopic (exact) mass is 293 g/mol. The summed E-state index contributed by atoms with van der Waals surface area (Å²) in [6.07, 6.45) is 3.68. The van der Waals surface area contributed by atoms with Gasteiger partial charge in [0.15, 0.2) is 6.54 Å². The van der Waals surface area contributed by atoms with Gasteiger partial charge >= 0.3 is 0 Å². The molecule has 1 fully saturated rings. The Balaban J connectivity index is 2.01. The van der Waals surface area contributed by atoms with E-state index in [1.165, 1.54) is 24.2 Å². The van der Waals surface area contributed by atoms with E-state index in [0.717, 1.165) is 6.54 Å². The smallest absolute Gasteiger partial charge is 0.279 e. The number of rotatable bonds is 5. The van der Waals surface area contributed by atoms with Crippen LogP contribution in [0.3, 0.4) is 0 Å². The first-order valence-corrected chi connectivity index (χ1v) is 7.50. The number of nitrogens with one attached hydrogen (secondary N) is 2. The fraction of sp³-hybridized carbons (Fsp3) is 0.562. The van der Waals surface area contributed by atoms with Gasteiger partial charge < -0.3 is 19.7 Å². The lowest BCUT2D eigenvalue weighted by Crippen LogP contribution is -3.17. The average molecular weight is 293 g/mol. The van der Waals surface area contributed by atoms with E-state index in [-0.39, 0.29) is 5.91 Å². The zero-order valence-electron chi connectivity index (χ0n) is 13.1. The van der Waals surface area contributed by atoms with E-state index in [2.05, 4.69) is 12.2 Å². The lowest BCUT2D eigenvalue weighted by atomic mass is 10.0. The molecule has 1 aliphatic rings. The Kier molecular flexibility index (Phi) is 5.44. The molecule has 0 spiro atoms. The van der Waals surface area contributed by atoms with Crippen molar-refractivity contribution in [1.82, 2.24) is 0 Å². The number of anilines is 1. The molecule has 5 heteroatoms. The number of benzene rings is 1. The molecule has 5 nitrogen and oxygen atoms in total. The van der Waals surface area contributed by atoms with Gasteiger partial charge in [-0.25, -0.2) is 0 Å². The average Bonchev–Trinajstić information content (AvgIpc) is 2.49. The van der Waals surface area contributed by atoms with Crippen LogP contribution in [0, 0.1) is 0 Å². The van der Waals surface area contributed by atoms with E-state index in [1.807, 2.05) is 6.07 Å². The van der Waals surface area contributed by atoms with Crippen LogP contribution >= 0.6 is 0 Å². The maximum atomic E-state index is 12.3. The van der Waals surface area contributed by atoms with Crippen LogP contribution in [0.4, 0.5) is 5.69 Å². The Morgan fingerprint density at radius 3 is 2.81 bits per heavy atom. The van der Waals surface area contributed by atoms with Crippen LogP contribution in [0.15, 0.2) is 18.2 Å². The number of likely N-dealkylation sites (tertiary alicyclic amines) is 1. The maximum absolute atomic E-state index is 12.3. The number of quaternary nitrogens is 1. The second kappa shape index (κ2) is 7.31. The minimum atomic E-state index is 0.0188. The SMILES string of the molecule is COc1ccc(OC)c(NC(=O)C[NH+]2CCCC[C@H]2C)c1. The van der Waals surface area contributed by atoms with Gasteiger partial charge in [0.2, 0.25) is 0 Å².